The van der Waals surface area contributed by atoms with Gasteiger partial charge in [0.25, 0.3) is 5.91 Å². The van der Waals surface area contributed by atoms with E-state index in [4.69, 9.17) is 14.8 Å². The number of fused-ring (bicyclic) bond motifs is 9. The molecular weight excluding hydrogens is 518 g/mol. The van der Waals surface area contributed by atoms with E-state index in [1.165, 1.54) is 6.07 Å². The SMILES string of the molecule is CN1C(=O)c2cccc(OC(F)F)c2C2CC1c1nc3ccc(-c4ccc(C5(C#N)CC(C)(O)C5)nc4)nn3c12. The van der Waals surface area contributed by atoms with Crippen LogP contribution in [-0.4, -0.2) is 54.8 Å². The zero-order valence-electron chi connectivity index (χ0n) is 21.7. The lowest BCUT2D eigenvalue weighted by Gasteiger charge is -2.46. The average molecular weight is 543 g/mol. The molecule has 202 valence electrons. The van der Waals surface area contributed by atoms with Gasteiger partial charge < -0.3 is 14.7 Å². The van der Waals surface area contributed by atoms with Gasteiger partial charge >= 0.3 is 6.61 Å². The van der Waals surface area contributed by atoms with Crippen LogP contribution in [0.2, 0.25) is 0 Å². The van der Waals surface area contributed by atoms with Crippen molar-refractivity contribution < 1.29 is 23.4 Å². The molecule has 2 unspecified atom stereocenters. The number of aromatic nitrogens is 4. The summed E-state index contributed by atoms with van der Waals surface area (Å²) in [7, 11) is 1.69. The first kappa shape index (κ1) is 24.6. The third-order valence-corrected chi connectivity index (χ3v) is 8.42. The number of nitriles is 1. The minimum absolute atomic E-state index is 0.0277. The highest BCUT2D eigenvalue weighted by atomic mass is 19.3. The van der Waals surface area contributed by atoms with E-state index in [1.54, 1.807) is 47.8 Å². The number of nitrogens with zero attached hydrogens (tertiary/aromatic N) is 6. The Hall–Kier alpha value is -4.43. The number of hydrogen-bond acceptors (Lipinski definition) is 7. The molecule has 2 atom stereocenters. The predicted octanol–water partition coefficient (Wildman–Crippen LogP) is 4.36. The molecule has 3 aromatic heterocycles. The van der Waals surface area contributed by atoms with Crippen molar-refractivity contribution in [3.63, 3.8) is 0 Å². The van der Waals surface area contributed by atoms with Gasteiger partial charge in [0.2, 0.25) is 0 Å². The molecule has 11 heteroatoms. The molecule has 4 aromatic rings. The van der Waals surface area contributed by atoms with Crippen LogP contribution in [0.5, 0.6) is 5.75 Å². The number of amides is 1. The summed E-state index contributed by atoms with van der Waals surface area (Å²) < 4.78 is 33.3. The number of carbonyl (C=O) groups excluding carboxylic acids is 1. The van der Waals surface area contributed by atoms with Gasteiger partial charge in [-0.1, -0.05) is 6.07 Å². The van der Waals surface area contributed by atoms with Crippen LogP contribution in [0.4, 0.5) is 8.78 Å². The molecular formula is C29H24F2N6O3. The van der Waals surface area contributed by atoms with E-state index in [0.29, 0.717) is 53.1 Å². The van der Waals surface area contributed by atoms with E-state index in [-0.39, 0.29) is 17.7 Å². The summed E-state index contributed by atoms with van der Waals surface area (Å²) in [5.74, 6) is -0.730. The number of halogens is 2. The highest BCUT2D eigenvalue weighted by Crippen LogP contribution is 2.52. The topological polar surface area (TPSA) is 117 Å². The van der Waals surface area contributed by atoms with Crippen LogP contribution < -0.4 is 4.74 Å². The Bertz CT molecular complexity index is 1740. The van der Waals surface area contributed by atoms with Crippen molar-refractivity contribution in [3.05, 3.63) is 76.9 Å². The molecule has 4 heterocycles. The number of rotatable bonds is 4. The summed E-state index contributed by atoms with van der Waals surface area (Å²) in [5.41, 5.74) is 2.99. The van der Waals surface area contributed by atoms with E-state index < -0.39 is 23.5 Å². The van der Waals surface area contributed by atoms with Crippen molar-refractivity contribution in [1.82, 2.24) is 24.5 Å². The predicted molar refractivity (Wildman–Crippen MR) is 138 cm³/mol. The third-order valence-electron chi connectivity index (χ3n) is 8.42. The second-order valence-electron chi connectivity index (χ2n) is 11.2. The molecule has 2 aliphatic carbocycles. The highest BCUT2D eigenvalue weighted by molar-refractivity contribution is 5.98. The van der Waals surface area contributed by atoms with Crippen LogP contribution in [0.15, 0.2) is 48.7 Å². The lowest BCUT2D eigenvalue weighted by Crippen LogP contribution is -2.52. The minimum Gasteiger partial charge on any atom is -0.434 e. The van der Waals surface area contributed by atoms with Gasteiger partial charge in [-0.15, -0.1) is 0 Å². The quantitative estimate of drug-likeness (QED) is 0.407. The zero-order valence-corrected chi connectivity index (χ0v) is 21.7. The fourth-order valence-electron chi connectivity index (χ4n) is 6.75. The van der Waals surface area contributed by atoms with Crippen LogP contribution in [-0.2, 0) is 5.41 Å². The van der Waals surface area contributed by atoms with Gasteiger partial charge in [0, 0.05) is 48.7 Å². The lowest BCUT2D eigenvalue weighted by atomic mass is 9.59. The summed E-state index contributed by atoms with van der Waals surface area (Å²) in [6.45, 7) is -1.32. The number of alkyl halides is 2. The molecule has 0 spiro atoms. The molecule has 9 nitrogen and oxygen atoms in total. The lowest BCUT2D eigenvalue weighted by molar-refractivity contribution is -0.0569. The van der Waals surface area contributed by atoms with Gasteiger partial charge in [-0.25, -0.2) is 9.50 Å². The molecule has 0 saturated heterocycles. The smallest absolute Gasteiger partial charge is 0.387 e. The summed E-state index contributed by atoms with van der Waals surface area (Å²) in [4.78, 5) is 24.2. The molecule has 3 aliphatic rings. The molecule has 1 N–H and O–H groups in total. The van der Waals surface area contributed by atoms with Gasteiger partial charge in [0.05, 0.1) is 40.5 Å². The van der Waals surface area contributed by atoms with Crippen molar-refractivity contribution in [1.29, 1.82) is 5.26 Å². The Balaban J connectivity index is 1.33. The number of hydrogen-bond donors (Lipinski definition) is 1. The standard InChI is InChI=1S/C29H24F2N6O3/c1-28(39)12-29(13-28,14-32)21-8-6-15(11-33-21)18-7-9-22-34-24-19-10-17(25(24)37(22)35-18)23-16(26(38)36(19)2)4-3-5-20(23)40-27(30)31/h3-9,11,17,19,27,39H,10,12-13H2,1-2H3. The maximum absolute atomic E-state index is 13.3. The van der Waals surface area contributed by atoms with Crippen molar-refractivity contribution in [2.45, 2.75) is 55.8 Å². The Kier molecular flexibility index (Phi) is 5.10. The van der Waals surface area contributed by atoms with E-state index in [1.807, 2.05) is 18.2 Å². The van der Waals surface area contributed by atoms with Crippen molar-refractivity contribution in [2.24, 2.45) is 0 Å². The van der Waals surface area contributed by atoms with E-state index >= 15 is 0 Å². The maximum Gasteiger partial charge on any atom is 0.387 e. The summed E-state index contributed by atoms with van der Waals surface area (Å²) >= 11 is 0. The Morgan fingerprint density at radius 3 is 2.67 bits per heavy atom. The number of pyridine rings is 1. The number of imidazole rings is 1. The first-order valence-corrected chi connectivity index (χ1v) is 13.0. The van der Waals surface area contributed by atoms with Crippen LogP contribution in [0, 0.1) is 11.3 Å². The number of ether oxygens (including phenoxy) is 1. The van der Waals surface area contributed by atoms with Crippen LogP contribution in [0.3, 0.4) is 0 Å². The van der Waals surface area contributed by atoms with Gasteiger partial charge in [-0.2, -0.15) is 19.1 Å². The molecule has 0 radical (unpaired) electrons. The second kappa shape index (κ2) is 8.29. The van der Waals surface area contributed by atoms with E-state index in [9.17, 15) is 23.9 Å². The fourth-order valence-corrected chi connectivity index (χ4v) is 6.75. The first-order chi connectivity index (χ1) is 19.1. The number of carbonyl (C=O) groups is 1. The molecule has 1 aliphatic heterocycles. The van der Waals surface area contributed by atoms with E-state index in [2.05, 4.69) is 11.1 Å². The molecule has 1 fully saturated rings. The maximum atomic E-state index is 13.3. The van der Waals surface area contributed by atoms with E-state index in [0.717, 1.165) is 11.3 Å². The summed E-state index contributed by atoms with van der Waals surface area (Å²) in [6.07, 6.45) is 2.78. The average Bonchev–Trinajstić information content (AvgIpc) is 3.44. The Morgan fingerprint density at radius 2 is 2.00 bits per heavy atom. The largest absolute Gasteiger partial charge is 0.434 e. The third kappa shape index (κ3) is 3.45. The Morgan fingerprint density at radius 1 is 1.20 bits per heavy atom. The summed E-state index contributed by atoms with van der Waals surface area (Å²) in [5, 5.41) is 24.8. The number of aliphatic hydroxyl groups is 1. The van der Waals surface area contributed by atoms with Crippen molar-refractivity contribution >= 4 is 11.6 Å². The summed E-state index contributed by atoms with van der Waals surface area (Å²) in [6, 6.07) is 13.9. The molecule has 1 amide bonds. The van der Waals surface area contributed by atoms with Crippen LogP contribution in [0.1, 0.15) is 71.1 Å². The van der Waals surface area contributed by atoms with Crippen molar-refractivity contribution in [3.8, 4) is 23.1 Å². The highest BCUT2D eigenvalue weighted by Gasteiger charge is 2.53. The minimum atomic E-state index is -3.03. The van der Waals surface area contributed by atoms with Gasteiger partial charge in [0.15, 0.2) is 5.65 Å². The monoisotopic (exact) mass is 542 g/mol. The second-order valence-corrected chi connectivity index (χ2v) is 11.2. The number of benzene rings is 1. The molecule has 40 heavy (non-hydrogen) atoms. The molecule has 7 rings (SSSR count). The van der Waals surface area contributed by atoms with Gasteiger partial charge in [-0.05, 0) is 49.7 Å². The fraction of sp³-hybridized carbons (Fsp3) is 0.345. The van der Waals surface area contributed by atoms with Crippen molar-refractivity contribution in [2.75, 3.05) is 7.05 Å². The molecule has 1 saturated carbocycles. The molecule has 2 bridgehead atoms. The first-order valence-electron chi connectivity index (χ1n) is 13.0. The van der Waals surface area contributed by atoms with Crippen LogP contribution in [0.25, 0.3) is 16.9 Å². The van der Waals surface area contributed by atoms with Gasteiger partial charge in [-0.3, -0.25) is 9.78 Å². The Labute approximate surface area is 227 Å². The van der Waals surface area contributed by atoms with Crippen LogP contribution >= 0.6 is 0 Å². The molecule has 1 aromatic carbocycles. The zero-order chi connectivity index (χ0) is 28.0. The normalized spacial score (nSPS) is 26.7. The van der Waals surface area contributed by atoms with Gasteiger partial charge in [0.1, 0.15) is 11.2 Å².